The summed E-state index contributed by atoms with van der Waals surface area (Å²) >= 11 is 5.59. The highest BCUT2D eigenvalue weighted by molar-refractivity contribution is 6.17. The Morgan fingerprint density at radius 1 is 1.56 bits per heavy atom. The lowest BCUT2D eigenvalue weighted by molar-refractivity contribution is 0.312. The largest absolute Gasteiger partial charge is 0.330 e. The maximum atomic E-state index is 5.59. The summed E-state index contributed by atoms with van der Waals surface area (Å²) in [7, 11) is 0. The van der Waals surface area contributed by atoms with Crippen molar-refractivity contribution in [2.45, 2.75) is 26.7 Å². The van der Waals surface area contributed by atoms with Crippen LogP contribution in [0.2, 0.25) is 0 Å². The number of hydrogen-bond donors (Lipinski definition) is 1. The molecular weight excluding hydrogens is 134 g/mol. The molecule has 0 saturated heterocycles. The van der Waals surface area contributed by atoms with Crippen LogP contribution in [0.15, 0.2) is 0 Å². The van der Waals surface area contributed by atoms with Crippen molar-refractivity contribution < 1.29 is 0 Å². The van der Waals surface area contributed by atoms with Gasteiger partial charge in [-0.1, -0.05) is 13.8 Å². The lowest BCUT2D eigenvalue weighted by Gasteiger charge is -2.24. The van der Waals surface area contributed by atoms with Gasteiger partial charge in [-0.3, -0.25) is 0 Å². The quantitative estimate of drug-likeness (QED) is 0.608. The molecule has 9 heavy (non-hydrogen) atoms. The number of nitrogens with two attached hydrogens (primary N) is 1. The number of alkyl halides is 1. The molecule has 2 N–H and O–H groups in total. The summed E-state index contributed by atoms with van der Waals surface area (Å²) in [5.41, 5.74) is 5.82. The molecule has 2 heteroatoms. The minimum absolute atomic E-state index is 0.280. The Balaban J connectivity index is 3.62. The molecule has 0 rings (SSSR count). The van der Waals surface area contributed by atoms with Crippen LogP contribution in [0.1, 0.15) is 26.7 Å². The van der Waals surface area contributed by atoms with E-state index in [2.05, 4.69) is 13.8 Å². The summed E-state index contributed by atoms with van der Waals surface area (Å²) in [6, 6.07) is 0. The van der Waals surface area contributed by atoms with Crippen LogP contribution >= 0.6 is 11.6 Å². The van der Waals surface area contributed by atoms with E-state index in [9.17, 15) is 0 Å². The van der Waals surface area contributed by atoms with Gasteiger partial charge >= 0.3 is 0 Å². The lowest BCUT2D eigenvalue weighted by Crippen LogP contribution is -2.26. The monoisotopic (exact) mass is 149 g/mol. The van der Waals surface area contributed by atoms with E-state index in [0.29, 0.717) is 0 Å². The maximum Gasteiger partial charge on any atom is 0.0229 e. The van der Waals surface area contributed by atoms with Gasteiger partial charge in [0.15, 0.2) is 0 Å². The molecule has 0 aromatic rings. The third-order valence-corrected chi connectivity index (χ3v) is 2.23. The molecule has 0 saturated carbocycles. The first kappa shape index (κ1) is 9.25. The summed E-state index contributed by atoms with van der Waals surface area (Å²) in [6.45, 7) is 5.07. The summed E-state index contributed by atoms with van der Waals surface area (Å²) in [5, 5.41) is 0. The van der Waals surface area contributed by atoms with E-state index < -0.39 is 0 Å². The van der Waals surface area contributed by atoms with E-state index in [-0.39, 0.29) is 5.41 Å². The van der Waals surface area contributed by atoms with Crippen molar-refractivity contribution >= 4 is 11.6 Å². The van der Waals surface area contributed by atoms with Gasteiger partial charge in [-0.05, 0) is 24.8 Å². The molecule has 0 aliphatic heterocycles. The molecule has 0 amide bonds. The minimum atomic E-state index is 0.280. The van der Waals surface area contributed by atoms with Crippen molar-refractivity contribution in [3.05, 3.63) is 0 Å². The predicted molar refractivity (Wildman–Crippen MR) is 42.8 cm³/mol. The average molecular weight is 150 g/mol. The Hall–Kier alpha value is 0.250. The van der Waals surface area contributed by atoms with Crippen LogP contribution in [0.25, 0.3) is 0 Å². The van der Waals surface area contributed by atoms with Gasteiger partial charge in [0.05, 0.1) is 0 Å². The van der Waals surface area contributed by atoms with E-state index in [4.69, 9.17) is 17.3 Å². The summed E-state index contributed by atoms with van der Waals surface area (Å²) in [5.74, 6) is 0.724. The van der Waals surface area contributed by atoms with Gasteiger partial charge in [0.1, 0.15) is 0 Å². The Morgan fingerprint density at radius 2 is 2.11 bits per heavy atom. The second-order valence-corrected chi connectivity index (χ2v) is 3.19. The Morgan fingerprint density at radius 3 is 2.22 bits per heavy atom. The minimum Gasteiger partial charge on any atom is -0.330 e. The fraction of sp³-hybridized carbons (Fsp3) is 1.00. The second kappa shape index (κ2) is 4.13. The fourth-order valence-electron chi connectivity index (χ4n) is 0.651. The van der Waals surface area contributed by atoms with Crippen LogP contribution in [-0.4, -0.2) is 12.4 Å². The number of halogens is 1. The molecule has 0 fully saturated rings. The van der Waals surface area contributed by atoms with Crippen LogP contribution in [0.3, 0.4) is 0 Å². The van der Waals surface area contributed by atoms with E-state index in [1.165, 1.54) is 0 Å². The first-order valence-electron chi connectivity index (χ1n) is 3.44. The van der Waals surface area contributed by atoms with Gasteiger partial charge in [-0.2, -0.15) is 0 Å². The van der Waals surface area contributed by atoms with Crippen molar-refractivity contribution in [1.82, 2.24) is 0 Å². The van der Waals surface area contributed by atoms with Crippen molar-refractivity contribution in [3.63, 3.8) is 0 Å². The highest BCUT2D eigenvalue weighted by Gasteiger charge is 2.18. The Kier molecular flexibility index (Phi) is 4.24. The summed E-state index contributed by atoms with van der Waals surface area (Å²) in [4.78, 5) is 0. The van der Waals surface area contributed by atoms with E-state index >= 15 is 0 Å². The zero-order valence-electron chi connectivity index (χ0n) is 6.28. The van der Waals surface area contributed by atoms with Crippen LogP contribution in [0.4, 0.5) is 0 Å². The van der Waals surface area contributed by atoms with Gasteiger partial charge in [0.25, 0.3) is 0 Å². The molecule has 0 aromatic carbocycles. The lowest BCUT2D eigenvalue weighted by atomic mass is 9.85. The van der Waals surface area contributed by atoms with Crippen LogP contribution in [0.5, 0.6) is 0 Å². The molecule has 0 heterocycles. The highest BCUT2D eigenvalue weighted by atomic mass is 35.5. The first-order valence-corrected chi connectivity index (χ1v) is 3.98. The van der Waals surface area contributed by atoms with Gasteiger partial charge in [-0.25, -0.2) is 0 Å². The molecule has 0 spiro atoms. The van der Waals surface area contributed by atoms with Crippen molar-refractivity contribution in [1.29, 1.82) is 0 Å². The molecule has 0 aliphatic rings. The Labute approximate surface area is 62.6 Å². The summed E-state index contributed by atoms with van der Waals surface area (Å²) < 4.78 is 0. The Bertz CT molecular complexity index is 69.3. The second-order valence-electron chi connectivity index (χ2n) is 2.81. The maximum absolute atomic E-state index is 5.59. The third-order valence-electron chi connectivity index (χ3n) is 2.04. The molecule has 1 nitrogen and oxygen atoms in total. The van der Waals surface area contributed by atoms with Gasteiger partial charge in [0.2, 0.25) is 0 Å². The van der Waals surface area contributed by atoms with E-state index in [1.807, 2.05) is 0 Å². The molecule has 56 valence electrons. The number of hydrogen-bond acceptors (Lipinski definition) is 1. The normalized spacial score (nSPS) is 17.3. The molecule has 0 aromatic heterocycles. The van der Waals surface area contributed by atoms with E-state index in [0.717, 1.165) is 25.3 Å². The molecule has 1 unspecified atom stereocenters. The zero-order chi connectivity index (χ0) is 7.33. The highest BCUT2D eigenvalue weighted by Crippen LogP contribution is 2.23. The van der Waals surface area contributed by atoms with Gasteiger partial charge in [0, 0.05) is 5.88 Å². The standard InChI is InChI=1S/C7H16ClN/c1-3-7(2,6-9)4-5-8/h3-6,9H2,1-2H3. The molecule has 0 bridgehead atoms. The molecule has 0 aliphatic carbocycles. The predicted octanol–water partition coefficient (Wildman–Crippen LogP) is 1.99. The first-order chi connectivity index (χ1) is 4.18. The van der Waals surface area contributed by atoms with Crippen molar-refractivity contribution in [3.8, 4) is 0 Å². The van der Waals surface area contributed by atoms with Gasteiger partial charge in [-0.15, -0.1) is 11.6 Å². The zero-order valence-corrected chi connectivity index (χ0v) is 7.04. The van der Waals surface area contributed by atoms with Crippen LogP contribution in [0, 0.1) is 5.41 Å². The SMILES string of the molecule is CCC(C)(CN)CCCl. The molecule has 1 atom stereocenters. The molecule has 0 radical (unpaired) electrons. The topological polar surface area (TPSA) is 26.0 Å². The smallest absolute Gasteiger partial charge is 0.0229 e. The van der Waals surface area contributed by atoms with E-state index in [1.54, 1.807) is 0 Å². The van der Waals surface area contributed by atoms with Crippen LogP contribution in [-0.2, 0) is 0 Å². The van der Waals surface area contributed by atoms with Crippen LogP contribution < -0.4 is 5.73 Å². The fourth-order valence-corrected chi connectivity index (χ4v) is 1.11. The van der Waals surface area contributed by atoms with Crippen molar-refractivity contribution in [2.24, 2.45) is 11.1 Å². The number of rotatable bonds is 4. The summed E-state index contributed by atoms with van der Waals surface area (Å²) in [6.07, 6.45) is 2.15. The van der Waals surface area contributed by atoms with Gasteiger partial charge < -0.3 is 5.73 Å². The average Bonchev–Trinajstić information content (AvgIpc) is 1.89. The molecular formula is C7H16ClN. The third kappa shape index (κ3) is 3.07. The van der Waals surface area contributed by atoms with Crippen molar-refractivity contribution in [2.75, 3.05) is 12.4 Å².